The van der Waals surface area contributed by atoms with Gasteiger partial charge in [0.1, 0.15) is 5.75 Å². The highest BCUT2D eigenvalue weighted by Gasteiger charge is 2.36. The Bertz CT molecular complexity index is 414. The van der Waals surface area contributed by atoms with Gasteiger partial charge in [-0.15, -0.1) is 0 Å². The fourth-order valence-electron chi connectivity index (χ4n) is 2.53. The third-order valence-electron chi connectivity index (χ3n) is 3.90. The van der Waals surface area contributed by atoms with Gasteiger partial charge in [-0.2, -0.15) is 0 Å². The third kappa shape index (κ3) is 3.08. The van der Waals surface area contributed by atoms with Crippen LogP contribution in [0.1, 0.15) is 25.5 Å². The molecule has 1 saturated heterocycles. The molecule has 0 amide bonds. The first-order valence-electron chi connectivity index (χ1n) is 6.70. The molecule has 19 heavy (non-hydrogen) atoms. The Balaban J connectivity index is 2.18. The Morgan fingerprint density at radius 3 is 2.63 bits per heavy atom. The number of aliphatic hydroxyl groups excluding tert-OH is 1. The van der Waals surface area contributed by atoms with Crippen LogP contribution in [-0.2, 0) is 4.74 Å². The molecule has 1 aliphatic rings. The summed E-state index contributed by atoms with van der Waals surface area (Å²) in [5, 5.41) is 10.7. The van der Waals surface area contributed by atoms with Crippen molar-refractivity contribution >= 4 is 0 Å². The molecule has 0 spiro atoms. The summed E-state index contributed by atoms with van der Waals surface area (Å²) < 4.78 is 10.6. The molecule has 1 N–H and O–H groups in total. The number of benzene rings is 1. The predicted molar refractivity (Wildman–Crippen MR) is 74.4 cm³/mol. The number of aliphatic hydroxyl groups is 1. The topological polar surface area (TPSA) is 41.9 Å². The maximum Gasteiger partial charge on any atom is 0.119 e. The summed E-state index contributed by atoms with van der Waals surface area (Å²) in [6, 6.07) is 7.63. The van der Waals surface area contributed by atoms with Crippen molar-refractivity contribution in [1.29, 1.82) is 0 Å². The van der Waals surface area contributed by atoms with Gasteiger partial charge in [-0.25, -0.2) is 0 Å². The fraction of sp³-hybridized carbons (Fsp3) is 0.600. The van der Waals surface area contributed by atoms with Gasteiger partial charge in [0, 0.05) is 18.6 Å². The van der Waals surface area contributed by atoms with Crippen molar-refractivity contribution in [1.82, 2.24) is 4.90 Å². The second kappa shape index (κ2) is 5.90. The van der Waals surface area contributed by atoms with E-state index in [0.29, 0.717) is 0 Å². The van der Waals surface area contributed by atoms with E-state index in [1.165, 1.54) is 0 Å². The lowest BCUT2D eigenvalue weighted by atomic mass is 9.89. The fourth-order valence-corrected chi connectivity index (χ4v) is 2.53. The molecule has 0 radical (unpaired) electrons. The Morgan fingerprint density at radius 1 is 1.32 bits per heavy atom. The van der Waals surface area contributed by atoms with Gasteiger partial charge in [0.25, 0.3) is 0 Å². The standard InChI is InChI=1S/C15H23NO3/c1-15(2,16-7-9-19-10-8-16)14(17)12-5-4-6-13(11-12)18-3/h4-6,11,14,17H,7-10H2,1-3H3. The number of morpholine rings is 1. The number of rotatable bonds is 4. The quantitative estimate of drug-likeness (QED) is 0.902. The number of hydrogen-bond donors (Lipinski definition) is 1. The number of ether oxygens (including phenoxy) is 2. The molecular weight excluding hydrogens is 242 g/mol. The highest BCUT2D eigenvalue weighted by molar-refractivity contribution is 5.31. The van der Waals surface area contributed by atoms with Gasteiger partial charge >= 0.3 is 0 Å². The Morgan fingerprint density at radius 2 is 2.00 bits per heavy atom. The van der Waals surface area contributed by atoms with E-state index in [0.717, 1.165) is 37.6 Å². The molecule has 1 aliphatic heterocycles. The highest BCUT2D eigenvalue weighted by atomic mass is 16.5. The van der Waals surface area contributed by atoms with Crippen molar-refractivity contribution in [3.63, 3.8) is 0 Å². The number of methoxy groups -OCH3 is 1. The maximum atomic E-state index is 10.7. The molecule has 1 heterocycles. The Labute approximate surface area is 114 Å². The summed E-state index contributed by atoms with van der Waals surface area (Å²) in [5.41, 5.74) is 0.562. The van der Waals surface area contributed by atoms with Crippen LogP contribution >= 0.6 is 0 Å². The van der Waals surface area contributed by atoms with Crippen LogP contribution in [0.15, 0.2) is 24.3 Å². The van der Waals surface area contributed by atoms with Crippen LogP contribution in [0.5, 0.6) is 5.75 Å². The lowest BCUT2D eigenvalue weighted by molar-refractivity contribution is -0.0630. The van der Waals surface area contributed by atoms with E-state index >= 15 is 0 Å². The van der Waals surface area contributed by atoms with E-state index in [2.05, 4.69) is 18.7 Å². The minimum Gasteiger partial charge on any atom is -0.497 e. The molecule has 1 fully saturated rings. The molecule has 1 atom stereocenters. The highest BCUT2D eigenvalue weighted by Crippen LogP contribution is 2.32. The normalized spacial score (nSPS) is 19.2. The summed E-state index contributed by atoms with van der Waals surface area (Å²) in [7, 11) is 1.64. The molecule has 0 bridgehead atoms. The van der Waals surface area contributed by atoms with Crippen molar-refractivity contribution in [2.75, 3.05) is 33.4 Å². The molecule has 0 aromatic heterocycles. The SMILES string of the molecule is COc1cccc(C(O)C(C)(C)N2CCOCC2)c1. The van der Waals surface area contributed by atoms with Crippen LogP contribution in [0.3, 0.4) is 0 Å². The van der Waals surface area contributed by atoms with E-state index in [1.54, 1.807) is 7.11 Å². The second-order valence-corrected chi connectivity index (χ2v) is 5.43. The molecule has 4 nitrogen and oxygen atoms in total. The van der Waals surface area contributed by atoms with Gasteiger partial charge < -0.3 is 14.6 Å². The largest absolute Gasteiger partial charge is 0.497 e. The first kappa shape index (κ1) is 14.3. The van der Waals surface area contributed by atoms with Gasteiger partial charge in [-0.3, -0.25) is 4.90 Å². The summed E-state index contributed by atoms with van der Waals surface area (Å²) in [6.45, 7) is 7.31. The van der Waals surface area contributed by atoms with Crippen LogP contribution in [0, 0.1) is 0 Å². The summed E-state index contributed by atoms with van der Waals surface area (Å²) in [6.07, 6.45) is -0.555. The first-order valence-corrected chi connectivity index (χ1v) is 6.70. The lowest BCUT2D eigenvalue weighted by Crippen LogP contribution is -2.53. The van der Waals surface area contributed by atoms with E-state index in [1.807, 2.05) is 24.3 Å². The van der Waals surface area contributed by atoms with Crippen LogP contribution in [0.2, 0.25) is 0 Å². The van der Waals surface area contributed by atoms with E-state index in [-0.39, 0.29) is 5.54 Å². The van der Waals surface area contributed by atoms with Crippen LogP contribution < -0.4 is 4.74 Å². The zero-order valence-electron chi connectivity index (χ0n) is 11.9. The summed E-state index contributed by atoms with van der Waals surface area (Å²) >= 11 is 0. The van der Waals surface area contributed by atoms with Gasteiger partial charge in [0.2, 0.25) is 0 Å². The Hall–Kier alpha value is -1.10. The second-order valence-electron chi connectivity index (χ2n) is 5.43. The average molecular weight is 265 g/mol. The van der Waals surface area contributed by atoms with Crippen LogP contribution in [0.25, 0.3) is 0 Å². The van der Waals surface area contributed by atoms with E-state index in [9.17, 15) is 5.11 Å². The van der Waals surface area contributed by atoms with Crippen molar-refractivity contribution < 1.29 is 14.6 Å². The molecule has 1 unspecified atom stereocenters. The molecule has 0 saturated carbocycles. The van der Waals surface area contributed by atoms with E-state index in [4.69, 9.17) is 9.47 Å². The third-order valence-corrected chi connectivity index (χ3v) is 3.90. The Kier molecular flexibility index (Phi) is 4.45. The summed E-state index contributed by atoms with van der Waals surface area (Å²) in [4.78, 5) is 2.28. The number of hydrogen-bond acceptors (Lipinski definition) is 4. The van der Waals surface area contributed by atoms with Crippen LogP contribution in [-0.4, -0.2) is 49.0 Å². The van der Waals surface area contributed by atoms with Gasteiger partial charge in [0.05, 0.1) is 26.4 Å². The first-order chi connectivity index (χ1) is 9.05. The number of nitrogens with zero attached hydrogens (tertiary/aromatic N) is 1. The van der Waals surface area contributed by atoms with Gasteiger partial charge in [0.15, 0.2) is 0 Å². The van der Waals surface area contributed by atoms with Crippen LogP contribution in [0.4, 0.5) is 0 Å². The summed E-state index contributed by atoms with van der Waals surface area (Å²) in [5.74, 6) is 0.773. The van der Waals surface area contributed by atoms with Crippen molar-refractivity contribution in [3.8, 4) is 5.75 Å². The minimum absolute atomic E-state index is 0.323. The lowest BCUT2D eigenvalue weighted by Gasteiger charge is -2.43. The molecule has 2 rings (SSSR count). The monoisotopic (exact) mass is 265 g/mol. The zero-order valence-corrected chi connectivity index (χ0v) is 11.9. The van der Waals surface area contributed by atoms with Crippen molar-refractivity contribution in [2.45, 2.75) is 25.5 Å². The zero-order chi connectivity index (χ0) is 13.9. The molecule has 106 valence electrons. The predicted octanol–water partition coefficient (Wildman–Crippen LogP) is 1.84. The molecule has 1 aromatic carbocycles. The average Bonchev–Trinajstić information content (AvgIpc) is 2.47. The van der Waals surface area contributed by atoms with E-state index < -0.39 is 6.10 Å². The smallest absolute Gasteiger partial charge is 0.119 e. The van der Waals surface area contributed by atoms with Gasteiger partial charge in [-0.05, 0) is 31.5 Å². The maximum absolute atomic E-state index is 10.7. The molecule has 4 heteroatoms. The molecule has 1 aromatic rings. The van der Waals surface area contributed by atoms with Crippen molar-refractivity contribution in [3.05, 3.63) is 29.8 Å². The van der Waals surface area contributed by atoms with Gasteiger partial charge in [-0.1, -0.05) is 12.1 Å². The minimum atomic E-state index is -0.555. The molecule has 0 aliphatic carbocycles. The van der Waals surface area contributed by atoms with Crippen molar-refractivity contribution in [2.24, 2.45) is 0 Å². The molecular formula is C15H23NO3.